The molecule has 6 nitrogen and oxygen atoms in total. The lowest BCUT2D eigenvalue weighted by Crippen LogP contribution is -2.37. The van der Waals surface area contributed by atoms with Gasteiger partial charge in [-0.3, -0.25) is 5.32 Å². The molecule has 1 amide bonds. The maximum atomic E-state index is 11.7. The number of nitrogens with one attached hydrogen (secondary N) is 1. The molecule has 2 heterocycles. The summed E-state index contributed by atoms with van der Waals surface area (Å²) in [7, 11) is 0. The van der Waals surface area contributed by atoms with Crippen LogP contribution >= 0.6 is 15.9 Å². The molecule has 1 aliphatic heterocycles. The van der Waals surface area contributed by atoms with Crippen LogP contribution in [0, 0.1) is 0 Å². The smallest absolute Gasteiger partial charge is 0.412 e. The quantitative estimate of drug-likeness (QED) is 0.881. The van der Waals surface area contributed by atoms with Gasteiger partial charge in [0, 0.05) is 13.1 Å². The molecule has 0 unspecified atom stereocenters. The number of rotatable bonds is 2. The van der Waals surface area contributed by atoms with Crippen LogP contribution < -0.4 is 10.2 Å². The summed E-state index contributed by atoms with van der Waals surface area (Å²) in [6.45, 7) is 8.49. The first-order valence-corrected chi connectivity index (χ1v) is 7.63. The molecule has 0 radical (unpaired) electrons. The molecule has 1 fully saturated rings. The first-order chi connectivity index (χ1) is 9.85. The van der Waals surface area contributed by atoms with Gasteiger partial charge in [0.05, 0.1) is 29.6 Å². The molecule has 7 heteroatoms. The molecule has 0 saturated carbocycles. The van der Waals surface area contributed by atoms with Crippen molar-refractivity contribution in [3.63, 3.8) is 0 Å². The molecule has 0 atom stereocenters. The van der Waals surface area contributed by atoms with Crippen molar-refractivity contribution in [3.05, 3.63) is 16.7 Å². The fourth-order valence-corrected chi connectivity index (χ4v) is 2.53. The molecule has 1 saturated heterocycles. The predicted octanol–water partition coefficient (Wildman–Crippen LogP) is 3.03. The molecule has 0 aromatic carbocycles. The second-order valence-corrected chi connectivity index (χ2v) is 6.61. The monoisotopic (exact) mass is 357 g/mol. The lowest BCUT2D eigenvalue weighted by Gasteiger charge is -2.28. The summed E-state index contributed by atoms with van der Waals surface area (Å²) >= 11 is 3.50. The third-order valence-corrected chi connectivity index (χ3v) is 3.36. The van der Waals surface area contributed by atoms with Gasteiger partial charge in [-0.15, -0.1) is 0 Å². The molecule has 116 valence electrons. The highest BCUT2D eigenvalue weighted by molar-refractivity contribution is 9.10. The third kappa shape index (κ3) is 4.86. The number of carbonyl (C=O) groups excluding carboxylic acids is 1. The number of carbonyl (C=O) groups is 1. The summed E-state index contributed by atoms with van der Waals surface area (Å²) < 4.78 is 11.4. The number of hydrogen-bond donors (Lipinski definition) is 1. The average molecular weight is 358 g/mol. The number of nitrogens with zero attached hydrogens (tertiary/aromatic N) is 2. The molecule has 1 N–H and O–H groups in total. The van der Waals surface area contributed by atoms with Crippen molar-refractivity contribution in [3.8, 4) is 0 Å². The summed E-state index contributed by atoms with van der Waals surface area (Å²) in [5.41, 5.74) is 0.0656. The Labute approximate surface area is 132 Å². The second-order valence-electron chi connectivity index (χ2n) is 5.76. The highest BCUT2D eigenvalue weighted by Crippen LogP contribution is 2.27. The van der Waals surface area contributed by atoms with E-state index in [1.807, 2.05) is 26.8 Å². The minimum atomic E-state index is -0.525. The van der Waals surface area contributed by atoms with E-state index in [0.717, 1.165) is 23.4 Å². The number of halogens is 1. The van der Waals surface area contributed by atoms with Gasteiger partial charge in [0.25, 0.3) is 0 Å². The molecule has 0 spiro atoms. The third-order valence-electron chi connectivity index (χ3n) is 2.78. The number of pyridine rings is 1. The molecular formula is C14H20BrN3O3. The molecule has 21 heavy (non-hydrogen) atoms. The number of aromatic nitrogens is 1. The van der Waals surface area contributed by atoms with Gasteiger partial charge in [-0.1, -0.05) is 0 Å². The van der Waals surface area contributed by atoms with Gasteiger partial charge >= 0.3 is 6.09 Å². The lowest BCUT2D eigenvalue weighted by molar-refractivity contribution is 0.0636. The van der Waals surface area contributed by atoms with Gasteiger partial charge in [0.1, 0.15) is 11.4 Å². The summed E-state index contributed by atoms with van der Waals surface area (Å²) in [5.74, 6) is 0.855. The highest BCUT2D eigenvalue weighted by Gasteiger charge is 2.18. The van der Waals surface area contributed by atoms with Crippen molar-refractivity contribution in [2.45, 2.75) is 26.4 Å². The van der Waals surface area contributed by atoms with Crippen LogP contribution in [-0.2, 0) is 9.47 Å². The number of morpholine rings is 1. The van der Waals surface area contributed by atoms with Crippen LogP contribution in [0.25, 0.3) is 0 Å². The Kier molecular flexibility index (Phi) is 5.05. The summed E-state index contributed by atoms with van der Waals surface area (Å²) in [4.78, 5) is 18.3. The van der Waals surface area contributed by atoms with Crippen molar-refractivity contribution in [1.29, 1.82) is 0 Å². The second kappa shape index (κ2) is 6.62. The van der Waals surface area contributed by atoms with Gasteiger partial charge in [0.15, 0.2) is 0 Å². The van der Waals surface area contributed by atoms with Crippen molar-refractivity contribution in [2.75, 3.05) is 36.5 Å². The van der Waals surface area contributed by atoms with E-state index >= 15 is 0 Å². The summed E-state index contributed by atoms with van der Waals surface area (Å²) in [6.07, 6.45) is 1.13. The molecular weight excluding hydrogens is 338 g/mol. The number of amides is 1. The minimum absolute atomic E-state index is 0.490. The number of anilines is 2. The molecule has 2 rings (SSSR count). The topological polar surface area (TPSA) is 63.7 Å². The Hall–Kier alpha value is -1.34. The van der Waals surface area contributed by atoms with E-state index in [1.54, 1.807) is 6.20 Å². The average Bonchev–Trinajstić information content (AvgIpc) is 2.37. The van der Waals surface area contributed by atoms with Gasteiger partial charge in [-0.05, 0) is 42.8 Å². The van der Waals surface area contributed by atoms with Crippen LogP contribution in [0.15, 0.2) is 16.7 Å². The van der Waals surface area contributed by atoms with Gasteiger partial charge in [-0.25, -0.2) is 9.78 Å². The zero-order valence-corrected chi connectivity index (χ0v) is 14.1. The van der Waals surface area contributed by atoms with Gasteiger partial charge in [0.2, 0.25) is 0 Å². The zero-order chi connectivity index (χ0) is 15.5. The Morgan fingerprint density at radius 2 is 2.10 bits per heavy atom. The van der Waals surface area contributed by atoms with Crippen molar-refractivity contribution in [1.82, 2.24) is 4.98 Å². The Bertz CT molecular complexity index is 511. The number of hydrogen-bond acceptors (Lipinski definition) is 5. The SMILES string of the molecule is CC(C)(C)OC(=O)Nc1cnc(N2CCOCC2)c(Br)c1. The predicted molar refractivity (Wildman–Crippen MR) is 84.8 cm³/mol. The first-order valence-electron chi connectivity index (χ1n) is 6.83. The molecule has 0 aliphatic carbocycles. The van der Waals surface area contributed by atoms with E-state index < -0.39 is 11.7 Å². The van der Waals surface area contributed by atoms with Gasteiger partial charge in [-0.2, -0.15) is 0 Å². The molecule has 0 bridgehead atoms. The fraction of sp³-hybridized carbons (Fsp3) is 0.571. The van der Waals surface area contributed by atoms with Crippen molar-refractivity contribution < 1.29 is 14.3 Å². The summed E-state index contributed by atoms with van der Waals surface area (Å²) in [6, 6.07) is 1.82. The summed E-state index contributed by atoms with van der Waals surface area (Å²) in [5, 5.41) is 2.67. The molecule has 1 aliphatic rings. The fourth-order valence-electron chi connectivity index (χ4n) is 1.93. The first kappa shape index (κ1) is 16.0. The van der Waals surface area contributed by atoms with Crippen molar-refractivity contribution >= 4 is 33.5 Å². The van der Waals surface area contributed by atoms with Crippen LogP contribution in [0.5, 0.6) is 0 Å². The van der Waals surface area contributed by atoms with E-state index in [-0.39, 0.29) is 0 Å². The standard InChI is InChI=1S/C14H20BrN3O3/c1-14(2,3)21-13(19)17-10-8-11(15)12(16-9-10)18-4-6-20-7-5-18/h8-9H,4-7H2,1-3H3,(H,17,19). The van der Waals surface area contributed by atoms with Gasteiger partial charge < -0.3 is 14.4 Å². The van der Waals surface area contributed by atoms with Crippen LogP contribution in [-0.4, -0.2) is 43.0 Å². The molecule has 1 aromatic rings. The number of ether oxygens (including phenoxy) is 2. The normalized spacial score (nSPS) is 15.7. The van der Waals surface area contributed by atoms with Crippen LogP contribution in [0.1, 0.15) is 20.8 Å². The maximum Gasteiger partial charge on any atom is 0.412 e. The van der Waals surface area contributed by atoms with E-state index in [9.17, 15) is 4.79 Å². The lowest BCUT2D eigenvalue weighted by atomic mass is 10.2. The maximum absolute atomic E-state index is 11.7. The molecule has 1 aromatic heterocycles. The zero-order valence-electron chi connectivity index (χ0n) is 12.5. The largest absolute Gasteiger partial charge is 0.444 e. The highest BCUT2D eigenvalue weighted by atomic mass is 79.9. The van der Waals surface area contributed by atoms with E-state index in [4.69, 9.17) is 9.47 Å². The Balaban J connectivity index is 2.03. The van der Waals surface area contributed by atoms with E-state index in [1.165, 1.54) is 0 Å². The van der Waals surface area contributed by atoms with Crippen molar-refractivity contribution in [2.24, 2.45) is 0 Å². The Morgan fingerprint density at radius 1 is 1.43 bits per heavy atom. The Morgan fingerprint density at radius 3 is 2.67 bits per heavy atom. The van der Waals surface area contributed by atoms with Crippen LogP contribution in [0.3, 0.4) is 0 Å². The van der Waals surface area contributed by atoms with Crippen LogP contribution in [0.4, 0.5) is 16.3 Å². The van der Waals surface area contributed by atoms with Crippen LogP contribution in [0.2, 0.25) is 0 Å². The minimum Gasteiger partial charge on any atom is -0.444 e. The van der Waals surface area contributed by atoms with E-state index in [0.29, 0.717) is 18.9 Å². The van der Waals surface area contributed by atoms with E-state index in [2.05, 4.69) is 31.1 Å².